The first kappa shape index (κ1) is 49.8. The number of ether oxygens (including phenoxy) is 1. The fraction of sp³-hybridized carbons (Fsp3) is 0.377. The van der Waals surface area contributed by atoms with Gasteiger partial charge in [-0.05, 0) is 114 Å². The molecule has 0 saturated carbocycles. The highest BCUT2D eigenvalue weighted by Crippen LogP contribution is 2.39. The standard InChI is InChI=1S/C29H34ClN3O3S.C24H26ClN3OS/c1-28(2,3)25-17-19(9-10-31-25)24-16-21(18-37-24)22-8-7-20(15-23(22)30)26(34)32-11-13-33(14-12-32)27(35)36-29(4,5)6;1-24(2,3)22-14-16(6-7-27-22)21-13-18(15-30-21)19-5-4-17(12-20(19)25)23(29)28-10-8-26-9-11-28/h7-10,15-18H,11-14H2,1-6H3;4-7,12-15,26H,8-11H2,1-3H3. The summed E-state index contributed by atoms with van der Waals surface area (Å²) in [6.07, 6.45) is 3.39. The Morgan fingerprint density at radius 2 is 0.970 bits per heavy atom. The van der Waals surface area contributed by atoms with Crippen molar-refractivity contribution >= 4 is 63.8 Å². The van der Waals surface area contributed by atoms with Crippen LogP contribution in [0, 0.1) is 0 Å². The van der Waals surface area contributed by atoms with E-state index in [1.807, 2.05) is 74.5 Å². The number of hydrogen-bond donors (Lipinski definition) is 1. The number of piperazine rings is 2. The molecule has 6 aromatic rings. The topological polar surface area (TPSA) is 108 Å². The summed E-state index contributed by atoms with van der Waals surface area (Å²) in [7, 11) is 0. The predicted octanol–water partition coefficient (Wildman–Crippen LogP) is 12.6. The van der Waals surface area contributed by atoms with Crippen molar-refractivity contribution in [1.29, 1.82) is 0 Å². The second-order valence-corrected chi connectivity index (χ2v) is 22.6. The quantitative estimate of drug-likeness (QED) is 0.177. The summed E-state index contributed by atoms with van der Waals surface area (Å²) in [6, 6.07) is 23.8. The lowest BCUT2D eigenvalue weighted by atomic mass is 9.90. The largest absolute Gasteiger partial charge is 0.444 e. The highest BCUT2D eigenvalue weighted by Gasteiger charge is 2.29. The monoisotopic (exact) mass is 978 g/mol. The summed E-state index contributed by atoms with van der Waals surface area (Å²) < 4.78 is 5.44. The smallest absolute Gasteiger partial charge is 0.410 e. The van der Waals surface area contributed by atoms with E-state index < -0.39 is 5.60 Å². The molecule has 1 N–H and O–H groups in total. The summed E-state index contributed by atoms with van der Waals surface area (Å²) in [4.78, 5) is 54.8. The third-order valence-electron chi connectivity index (χ3n) is 11.5. The lowest BCUT2D eigenvalue weighted by Crippen LogP contribution is -2.51. The molecular formula is C53H60Cl2N6O4S2. The third kappa shape index (κ3) is 12.5. The summed E-state index contributed by atoms with van der Waals surface area (Å²) in [5, 5.41) is 8.61. The van der Waals surface area contributed by atoms with Gasteiger partial charge in [0.05, 0.1) is 0 Å². The van der Waals surface area contributed by atoms with E-state index >= 15 is 0 Å². The summed E-state index contributed by atoms with van der Waals surface area (Å²) in [5.74, 6) is -0.0442. The van der Waals surface area contributed by atoms with Crippen molar-refractivity contribution in [2.75, 3.05) is 52.4 Å². The number of thiophene rings is 2. The number of halogens is 2. The zero-order valence-electron chi connectivity index (χ0n) is 39.8. The maximum Gasteiger partial charge on any atom is 0.410 e. The molecule has 352 valence electrons. The average Bonchev–Trinajstić information content (AvgIpc) is 4.00. The van der Waals surface area contributed by atoms with E-state index in [1.165, 1.54) is 4.88 Å². The van der Waals surface area contributed by atoms with Gasteiger partial charge >= 0.3 is 6.09 Å². The van der Waals surface area contributed by atoms with E-state index in [4.69, 9.17) is 27.9 Å². The van der Waals surface area contributed by atoms with Crippen molar-refractivity contribution in [2.24, 2.45) is 0 Å². The van der Waals surface area contributed by atoms with Crippen molar-refractivity contribution in [3.63, 3.8) is 0 Å². The van der Waals surface area contributed by atoms with Gasteiger partial charge in [-0.25, -0.2) is 4.79 Å². The molecule has 2 aromatic carbocycles. The van der Waals surface area contributed by atoms with Gasteiger partial charge in [0.25, 0.3) is 11.8 Å². The first-order valence-electron chi connectivity index (χ1n) is 22.6. The van der Waals surface area contributed by atoms with Gasteiger partial charge < -0.3 is 24.8 Å². The molecule has 0 atom stereocenters. The van der Waals surface area contributed by atoms with Gasteiger partial charge in [0.15, 0.2) is 0 Å². The maximum atomic E-state index is 13.1. The Morgan fingerprint density at radius 1 is 0.552 bits per heavy atom. The minimum absolute atomic E-state index is 0.00615. The fourth-order valence-corrected chi connectivity index (χ4v) is 10.1. The molecule has 10 nitrogen and oxygen atoms in total. The molecule has 6 heterocycles. The van der Waals surface area contributed by atoms with Crippen LogP contribution in [0.25, 0.3) is 43.1 Å². The lowest BCUT2D eigenvalue weighted by Gasteiger charge is -2.35. The molecule has 2 fully saturated rings. The number of benzene rings is 2. The number of nitrogens with one attached hydrogen (secondary N) is 1. The highest BCUT2D eigenvalue weighted by atomic mass is 35.5. The van der Waals surface area contributed by atoms with Crippen LogP contribution >= 0.6 is 45.9 Å². The zero-order chi connectivity index (χ0) is 48.3. The second-order valence-electron chi connectivity index (χ2n) is 19.9. The van der Waals surface area contributed by atoms with Crippen LogP contribution in [0.1, 0.15) is 94.4 Å². The molecule has 4 aromatic heterocycles. The number of aromatic nitrogens is 2. The van der Waals surface area contributed by atoms with E-state index in [1.54, 1.807) is 44.6 Å². The van der Waals surface area contributed by atoms with Crippen LogP contribution < -0.4 is 5.32 Å². The Morgan fingerprint density at radius 3 is 1.37 bits per heavy atom. The van der Waals surface area contributed by atoms with Crippen molar-refractivity contribution in [3.8, 4) is 43.1 Å². The number of hydrogen-bond acceptors (Lipinski definition) is 9. The number of pyridine rings is 2. The Balaban J connectivity index is 0.000000203. The first-order chi connectivity index (χ1) is 31.6. The van der Waals surface area contributed by atoms with Crippen LogP contribution in [-0.4, -0.2) is 101 Å². The normalized spacial score (nSPS) is 14.6. The molecule has 14 heteroatoms. The SMILES string of the molecule is CC(C)(C)OC(=O)N1CCN(C(=O)c2ccc(-c3csc(-c4ccnc(C(C)(C)C)c4)c3)c(Cl)c2)CC1.CC(C)(C)c1cc(-c2cc(-c3ccc(C(=O)N4CCNCC4)cc3Cl)cs2)ccn1. The molecule has 0 radical (unpaired) electrons. The Hall–Kier alpha value is -5.11. The minimum Gasteiger partial charge on any atom is -0.444 e. The van der Waals surface area contributed by atoms with Crippen LogP contribution in [0.3, 0.4) is 0 Å². The third-order valence-corrected chi connectivity index (χ3v) is 14.1. The number of carbonyl (C=O) groups is 3. The van der Waals surface area contributed by atoms with E-state index in [-0.39, 0.29) is 28.7 Å². The average molecular weight is 980 g/mol. The molecule has 67 heavy (non-hydrogen) atoms. The van der Waals surface area contributed by atoms with Gasteiger partial charge in [-0.3, -0.25) is 19.6 Å². The highest BCUT2D eigenvalue weighted by molar-refractivity contribution is 7.14. The van der Waals surface area contributed by atoms with Crippen LogP contribution in [0.5, 0.6) is 0 Å². The summed E-state index contributed by atoms with van der Waals surface area (Å²) in [6.45, 7) is 23.4. The van der Waals surface area contributed by atoms with Gasteiger partial charge in [0.2, 0.25) is 0 Å². The molecule has 0 unspecified atom stereocenters. The van der Waals surface area contributed by atoms with Gasteiger partial charge in [-0.1, -0.05) is 76.9 Å². The van der Waals surface area contributed by atoms with Crippen molar-refractivity contribution in [3.05, 3.63) is 129 Å². The number of amides is 3. The van der Waals surface area contributed by atoms with Crippen LogP contribution in [-0.2, 0) is 15.6 Å². The molecule has 3 amide bonds. The molecule has 2 aliphatic heterocycles. The molecule has 0 aliphatic carbocycles. The van der Waals surface area contributed by atoms with E-state index in [9.17, 15) is 14.4 Å². The summed E-state index contributed by atoms with van der Waals surface area (Å²) in [5.41, 5.74) is 8.95. The summed E-state index contributed by atoms with van der Waals surface area (Å²) >= 11 is 16.6. The van der Waals surface area contributed by atoms with Crippen molar-refractivity contribution < 1.29 is 19.1 Å². The van der Waals surface area contributed by atoms with Crippen LogP contribution in [0.15, 0.2) is 96.0 Å². The number of rotatable bonds is 6. The zero-order valence-corrected chi connectivity index (χ0v) is 43.0. The van der Waals surface area contributed by atoms with Gasteiger partial charge in [0, 0.05) is 129 Å². The van der Waals surface area contributed by atoms with Gasteiger partial charge in [-0.15, -0.1) is 22.7 Å². The van der Waals surface area contributed by atoms with Crippen LogP contribution in [0.4, 0.5) is 4.79 Å². The minimum atomic E-state index is -0.542. The molecule has 0 bridgehead atoms. The van der Waals surface area contributed by atoms with Gasteiger partial charge in [0.1, 0.15) is 5.60 Å². The van der Waals surface area contributed by atoms with Crippen LogP contribution in [0.2, 0.25) is 10.0 Å². The Kier molecular flexibility index (Phi) is 15.3. The van der Waals surface area contributed by atoms with Crippen molar-refractivity contribution in [2.45, 2.75) is 78.7 Å². The molecular weight excluding hydrogens is 920 g/mol. The predicted molar refractivity (Wildman–Crippen MR) is 276 cm³/mol. The Labute approximate surface area is 413 Å². The number of carbonyl (C=O) groups excluding carboxylic acids is 3. The van der Waals surface area contributed by atoms with E-state index in [2.05, 4.69) is 91.9 Å². The van der Waals surface area contributed by atoms with Gasteiger partial charge in [-0.2, -0.15) is 0 Å². The molecule has 0 spiro atoms. The lowest BCUT2D eigenvalue weighted by molar-refractivity contribution is 0.0141. The molecule has 2 saturated heterocycles. The molecule has 2 aliphatic rings. The molecule has 8 rings (SSSR count). The number of nitrogens with zero attached hydrogens (tertiary/aromatic N) is 5. The van der Waals surface area contributed by atoms with Crippen molar-refractivity contribution in [1.82, 2.24) is 30.0 Å². The van der Waals surface area contributed by atoms with E-state index in [0.29, 0.717) is 47.4 Å². The maximum absolute atomic E-state index is 13.1. The fourth-order valence-electron chi connectivity index (χ4n) is 7.66. The van der Waals surface area contributed by atoms with E-state index in [0.717, 1.165) is 75.8 Å². The Bertz CT molecular complexity index is 2730. The second kappa shape index (κ2) is 20.6. The first-order valence-corrected chi connectivity index (χ1v) is 25.1.